The lowest BCUT2D eigenvalue weighted by Gasteiger charge is -1.99. The average Bonchev–Trinajstić information content (AvgIpc) is 2.58. The molecule has 0 saturated carbocycles. The van der Waals surface area contributed by atoms with Crippen LogP contribution in [0, 0.1) is 0 Å². The fourth-order valence-corrected chi connectivity index (χ4v) is 2.39. The van der Waals surface area contributed by atoms with Crippen LogP contribution in [0.4, 0.5) is 0 Å². The molecule has 0 spiro atoms. The van der Waals surface area contributed by atoms with Crippen molar-refractivity contribution >= 4 is 27.6 Å². The summed E-state index contributed by atoms with van der Waals surface area (Å²) in [6, 6.07) is 5.46. The maximum Gasteiger partial charge on any atom is 0.396 e. The molecule has 0 bridgehead atoms. The molecule has 0 fully saturated rings. The van der Waals surface area contributed by atoms with Crippen molar-refractivity contribution in [3.63, 3.8) is 0 Å². The van der Waals surface area contributed by atoms with Gasteiger partial charge in [0.1, 0.15) is 5.58 Å². The fraction of sp³-hybridized carbons (Fsp3) is 0.273. The van der Waals surface area contributed by atoms with Gasteiger partial charge in [0.25, 0.3) is 0 Å². The van der Waals surface area contributed by atoms with E-state index < -0.39 is 5.97 Å². The maximum atomic E-state index is 11.1. The zero-order valence-electron chi connectivity index (χ0n) is 8.43. The van der Waals surface area contributed by atoms with E-state index in [0.29, 0.717) is 18.4 Å². The Bertz CT molecular complexity index is 567. The summed E-state index contributed by atoms with van der Waals surface area (Å²) in [5.41, 5.74) is 1.57. The molecule has 2 aromatic rings. The average molecular weight is 238 g/mol. The van der Waals surface area contributed by atoms with Crippen molar-refractivity contribution in [2.75, 3.05) is 0 Å². The number of benzene rings is 1. The number of rotatable bonds is 4. The molecule has 1 N–H and O–H groups in total. The number of aliphatic carboxylic acids is 1. The van der Waals surface area contributed by atoms with Crippen LogP contribution in [0.15, 0.2) is 27.4 Å². The SMILES string of the molecule is O=C(O)CCCc1cccc2oc(=O)sc12. The number of hydrogen-bond acceptors (Lipinski definition) is 4. The van der Waals surface area contributed by atoms with Crippen LogP contribution >= 0.6 is 11.3 Å². The number of hydrogen-bond donors (Lipinski definition) is 1. The normalized spacial score (nSPS) is 10.8. The van der Waals surface area contributed by atoms with E-state index in [-0.39, 0.29) is 11.4 Å². The van der Waals surface area contributed by atoms with E-state index in [1.807, 2.05) is 12.1 Å². The minimum absolute atomic E-state index is 0.142. The lowest BCUT2D eigenvalue weighted by molar-refractivity contribution is -0.137. The number of aryl methyl sites for hydroxylation is 1. The van der Waals surface area contributed by atoms with Crippen molar-refractivity contribution in [1.82, 2.24) is 0 Å². The molecule has 0 aliphatic carbocycles. The highest BCUT2D eigenvalue weighted by atomic mass is 32.1. The molecule has 4 nitrogen and oxygen atoms in total. The van der Waals surface area contributed by atoms with Gasteiger partial charge in [-0.1, -0.05) is 23.5 Å². The molecule has 0 unspecified atom stereocenters. The molecule has 16 heavy (non-hydrogen) atoms. The summed E-state index contributed by atoms with van der Waals surface area (Å²) in [6.45, 7) is 0. The van der Waals surface area contributed by atoms with Crippen molar-refractivity contribution in [2.24, 2.45) is 0 Å². The van der Waals surface area contributed by atoms with Crippen LogP contribution < -0.4 is 4.94 Å². The van der Waals surface area contributed by atoms with Crippen molar-refractivity contribution < 1.29 is 14.3 Å². The second-order valence-electron chi connectivity index (χ2n) is 3.45. The number of fused-ring (bicyclic) bond motifs is 1. The number of carbonyl (C=O) groups is 1. The van der Waals surface area contributed by atoms with E-state index in [1.54, 1.807) is 6.07 Å². The summed E-state index contributed by atoms with van der Waals surface area (Å²) in [5, 5.41) is 8.54. The molecule has 0 amide bonds. The molecule has 0 radical (unpaired) electrons. The molecule has 5 heteroatoms. The largest absolute Gasteiger partial charge is 0.481 e. The van der Waals surface area contributed by atoms with Crippen LogP contribution in [0.3, 0.4) is 0 Å². The van der Waals surface area contributed by atoms with Gasteiger partial charge in [-0.05, 0) is 24.5 Å². The summed E-state index contributed by atoms with van der Waals surface area (Å²) in [5.74, 6) is -0.799. The third-order valence-corrected chi connectivity index (χ3v) is 3.19. The molecule has 0 aliphatic heterocycles. The first-order valence-electron chi connectivity index (χ1n) is 4.90. The Morgan fingerprint density at radius 1 is 1.44 bits per heavy atom. The van der Waals surface area contributed by atoms with Gasteiger partial charge in [-0.15, -0.1) is 0 Å². The Hall–Kier alpha value is -1.62. The summed E-state index contributed by atoms with van der Waals surface area (Å²) in [4.78, 5) is 21.2. The van der Waals surface area contributed by atoms with Crippen LogP contribution in [0.25, 0.3) is 10.3 Å². The van der Waals surface area contributed by atoms with Gasteiger partial charge in [-0.25, -0.2) is 4.79 Å². The van der Waals surface area contributed by atoms with Crippen molar-refractivity contribution in [3.8, 4) is 0 Å². The smallest absolute Gasteiger partial charge is 0.396 e. The van der Waals surface area contributed by atoms with E-state index in [9.17, 15) is 9.59 Å². The number of carboxylic acid groups (broad SMARTS) is 1. The molecule has 0 atom stereocenters. The first-order valence-corrected chi connectivity index (χ1v) is 5.72. The van der Waals surface area contributed by atoms with Crippen LogP contribution in [0.2, 0.25) is 0 Å². The van der Waals surface area contributed by atoms with E-state index in [4.69, 9.17) is 9.52 Å². The van der Waals surface area contributed by atoms with Gasteiger partial charge in [0, 0.05) is 6.42 Å². The Morgan fingerprint density at radius 2 is 2.25 bits per heavy atom. The zero-order valence-corrected chi connectivity index (χ0v) is 9.25. The molecule has 1 aromatic heterocycles. The van der Waals surface area contributed by atoms with Crippen molar-refractivity contribution in [3.05, 3.63) is 33.5 Å². The lowest BCUT2D eigenvalue weighted by Crippen LogP contribution is -1.95. The third-order valence-electron chi connectivity index (χ3n) is 2.28. The molecule has 1 aromatic carbocycles. The molecule has 84 valence electrons. The predicted octanol–water partition coefficient (Wildman–Crippen LogP) is 2.26. The van der Waals surface area contributed by atoms with E-state index in [1.165, 1.54) is 0 Å². The minimum Gasteiger partial charge on any atom is -0.481 e. The van der Waals surface area contributed by atoms with Crippen molar-refractivity contribution in [2.45, 2.75) is 19.3 Å². The van der Waals surface area contributed by atoms with E-state index in [2.05, 4.69) is 0 Å². The Balaban J connectivity index is 2.23. The molecular weight excluding hydrogens is 228 g/mol. The van der Waals surface area contributed by atoms with Gasteiger partial charge in [0.2, 0.25) is 0 Å². The van der Waals surface area contributed by atoms with Crippen molar-refractivity contribution in [1.29, 1.82) is 0 Å². The molecule has 0 saturated heterocycles. The minimum atomic E-state index is -0.799. The zero-order chi connectivity index (χ0) is 11.5. The Morgan fingerprint density at radius 3 is 3.00 bits per heavy atom. The highest BCUT2D eigenvalue weighted by molar-refractivity contribution is 7.16. The quantitative estimate of drug-likeness (QED) is 0.887. The van der Waals surface area contributed by atoms with Gasteiger partial charge < -0.3 is 9.52 Å². The van der Waals surface area contributed by atoms with Crippen LogP contribution in [-0.2, 0) is 11.2 Å². The Kier molecular flexibility index (Phi) is 3.05. The van der Waals surface area contributed by atoms with Gasteiger partial charge in [0.05, 0.1) is 4.70 Å². The molecule has 2 rings (SSSR count). The highest BCUT2D eigenvalue weighted by Crippen LogP contribution is 2.22. The van der Waals surface area contributed by atoms with Gasteiger partial charge in [-0.3, -0.25) is 4.79 Å². The summed E-state index contributed by atoms with van der Waals surface area (Å²) in [7, 11) is 0. The van der Waals surface area contributed by atoms with Gasteiger partial charge in [-0.2, -0.15) is 0 Å². The Labute approximate surface area is 95.1 Å². The molecule has 0 aliphatic rings. The summed E-state index contributed by atoms with van der Waals surface area (Å²) < 4.78 is 5.81. The lowest BCUT2D eigenvalue weighted by atomic mass is 10.1. The van der Waals surface area contributed by atoms with Gasteiger partial charge in [0.15, 0.2) is 0 Å². The monoisotopic (exact) mass is 238 g/mol. The van der Waals surface area contributed by atoms with Crippen LogP contribution in [0.5, 0.6) is 0 Å². The van der Waals surface area contributed by atoms with E-state index >= 15 is 0 Å². The second kappa shape index (κ2) is 4.49. The molecule has 1 heterocycles. The first-order chi connectivity index (χ1) is 7.66. The van der Waals surface area contributed by atoms with Crippen LogP contribution in [0.1, 0.15) is 18.4 Å². The van der Waals surface area contributed by atoms with E-state index in [0.717, 1.165) is 21.6 Å². The standard InChI is InChI=1S/C11H10O4S/c12-9(13)6-2-4-7-3-1-5-8-10(7)16-11(14)15-8/h1,3,5H,2,4,6H2,(H,12,13). The molecular formula is C11H10O4S. The fourth-order valence-electron chi connectivity index (χ4n) is 1.58. The van der Waals surface area contributed by atoms with Crippen LogP contribution in [-0.4, -0.2) is 11.1 Å². The number of carboxylic acids is 1. The first kappa shape index (κ1) is 10.9. The summed E-state index contributed by atoms with van der Waals surface area (Å²) >= 11 is 1.07. The third kappa shape index (κ3) is 2.30. The predicted molar refractivity (Wildman–Crippen MR) is 60.9 cm³/mol. The second-order valence-corrected chi connectivity index (χ2v) is 4.39. The summed E-state index contributed by atoms with van der Waals surface area (Å²) in [6.07, 6.45) is 1.36. The topological polar surface area (TPSA) is 67.5 Å². The maximum absolute atomic E-state index is 11.1. The highest BCUT2D eigenvalue weighted by Gasteiger charge is 2.07. The van der Waals surface area contributed by atoms with Gasteiger partial charge >= 0.3 is 10.9 Å².